The first-order valence-corrected chi connectivity index (χ1v) is 8.58. The number of phenols is 1. The maximum atomic E-state index is 12.8. The quantitative estimate of drug-likeness (QED) is 0.624. The van der Waals surface area contributed by atoms with Crippen LogP contribution in [-0.2, 0) is 4.79 Å². The summed E-state index contributed by atoms with van der Waals surface area (Å²) in [4.78, 5) is 25.5. The number of hydrogen-bond acceptors (Lipinski definition) is 4. The summed E-state index contributed by atoms with van der Waals surface area (Å²) >= 11 is 3.26. The van der Waals surface area contributed by atoms with E-state index in [2.05, 4.69) is 21.2 Å². The molecule has 1 saturated carbocycles. The summed E-state index contributed by atoms with van der Waals surface area (Å²) in [6.45, 7) is 2.24. The standard InChI is InChI=1S/C17H20BrNO3/c1-9-6-11(17(22)13(18)7-9)16(21)12-8-19-14-5-3-2-4-10(14)15(12)20/h6-7,10,12,14,19,22H,2-5,8H2,1H3. The number of piperidine rings is 1. The monoisotopic (exact) mass is 365 g/mol. The minimum absolute atomic E-state index is 0.0467. The van der Waals surface area contributed by atoms with Crippen LogP contribution in [0.2, 0.25) is 0 Å². The van der Waals surface area contributed by atoms with Crippen molar-refractivity contribution in [3.05, 3.63) is 27.7 Å². The van der Waals surface area contributed by atoms with Gasteiger partial charge in [-0.05, 0) is 53.4 Å². The highest BCUT2D eigenvalue weighted by Crippen LogP contribution is 2.35. The van der Waals surface area contributed by atoms with Crippen LogP contribution in [0.5, 0.6) is 5.75 Å². The third-order valence-electron chi connectivity index (χ3n) is 4.85. The van der Waals surface area contributed by atoms with E-state index in [-0.39, 0.29) is 34.8 Å². The Bertz CT molecular complexity index is 629. The van der Waals surface area contributed by atoms with Crippen molar-refractivity contribution in [1.29, 1.82) is 0 Å². The van der Waals surface area contributed by atoms with Crippen LogP contribution in [0, 0.1) is 18.8 Å². The number of hydrogen-bond donors (Lipinski definition) is 2. The van der Waals surface area contributed by atoms with E-state index in [1.165, 1.54) is 0 Å². The predicted octanol–water partition coefficient (Wildman–Crippen LogP) is 2.99. The van der Waals surface area contributed by atoms with Gasteiger partial charge in [-0.2, -0.15) is 0 Å². The van der Waals surface area contributed by atoms with Crippen LogP contribution in [0.25, 0.3) is 0 Å². The molecule has 0 aromatic heterocycles. The molecule has 1 aliphatic carbocycles. The molecule has 3 unspecified atom stereocenters. The summed E-state index contributed by atoms with van der Waals surface area (Å²) in [5.41, 5.74) is 1.11. The van der Waals surface area contributed by atoms with Gasteiger partial charge in [0.1, 0.15) is 11.5 Å². The second-order valence-corrected chi connectivity index (χ2v) is 7.22. The summed E-state index contributed by atoms with van der Waals surface area (Å²) in [5, 5.41) is 13.5. The lowest BCUT2D eigenvalue weighted by Crippen LogP contribution is -2.54. The molecule has 22 heavy (non-hydrogen) atoms. The van der Waals surface area contributed by atoms with Crippen molar-refractivity contribution in [2.45, 2.75) is 38.6 Å². The number of halogens is 1. The molecule has 0 spiro atoms. The van der Waals surface area contributed by atoms with Gasteiger partial charge in [0.25, 0.3) is 0 Å². The third-order valence-corrected chi connectivity index (χ3v) is 5.45. The number of Topliss-reactive ketones (excluding diaryl/α,β-unsaturated/α-hetero) is 2. The van der Waals surface area contributed by atoms with Gasteiger partial charge in [0.15, 0.2) is 5.78 Å². The number of aromatic hydroxyl groups is 1. The van der Waals surface area contributed by atoms with Gasteiger partial charge in [-0.1, -0.05) is 12.8 Å². The Kier molecular flexibility index (Phi) is 4.37. The largest absolute Gasteiger partial charge is 0.506 e. The molecule has 0 amide bonds. The number of rotatable bonds is 2. The van der Waals surface area contributed by atoms with Crippen molar-refractivity contribution in [3.63, 3.8) is 0 Å². The second-order valence-electron chi connectivity index (χ2n) is 6.37. The fourth-order valence-electron chi connectivity index (χ4n) is 3.68. The first-order chi connectivity index (χ1) is 10.5. The summed E-state index contributed by atoms with van der Waals surface area (Å²) < 4.78 is 0.489. The van der Waals surface area contributed by atoms with E-state index in [0.717, 1.165) is 31.2 Å². The molecule has 1 aromatic carbocycles. The van der Waals surface area contributed by atoms with Gasteiger partial charge >= 0.3 is 0 Å². The van der Waals surface area contributed by atoms with E-state index in [1.807, 2.05) is 6.92 Å². The fourth-order valence-corrected chi connectivity index (χ4v) is 4.25. The van der Waals surface area contributed by atoms with E-state index < -0.39 is 5.92 Å². The lowest BCUT2D eigenvalue weighted by molar-refractivity contribution is -0.129. The zero-order valence-electron chi connectivity index (χ0n) is 12.6. The first-order valence-electron chi connectivity index (χ1n) is 7.79. The van der Waals surface area contributed by atoms with Crippen LogP contribution in [0.4, 0.5) is 0 Å². The highest BCUT2D eigenvalue weighted by molar-refractivity contribution is 9.10. The third kappa shape index (κ3) is 2.72. The number of phenolic OH excluding ortho intramolecular Hbond substituents is 1. The molecule has 3 rings (SSSR count). The van der Waals surface area contributed by atoms with Crippen LogP contribution in [-0.4, -0.2) is 29.3 Å². The van der Waals surface area contributed by atoms with Gasteiger partial charge in [-0.15, -0.1) is 0 Å². The lowest BCUT2D eigenvalue weighted by Gasteiger charge is -2.38. The average Bonchev–Trinajstić information content (AvgIpc) is 2.51. The zero-order valence-corrected chi connectivity index (χ0v) is 14.1. The number of carbonyl (C=O) groups is 2. The zero-order chi connectivity index (χ0) is 15.9. The molecule has 2 fully saturated rings. The number of fused-ring (bicyclic) bond motifs is 1. The molecule has 0 radical (unpaired) electrons. The molecule has 4 nitrogen and oxygen atoms in total. The Morgan fingerprint density at radius 3 is 2.82 bits per heavy atom. The van der Waals surface area contributed by atoms with E-state index in [4.69, 9.17) is 0 Å². The Morgan fingerprint density at radius 1 is 1.32 bits per heavy atom. The first kappa shape index (κ1) is 15.7. The van der Waals surface area contributed by atoms with Crippen molar-refractivity contribution in [2.24, 2.45) is 11.8 Å². The van der Waals surface area contributed by atoms with Crippen LogP contribution in [0.1, 0.15) is 41.6 Å². The van der Waals surface area contributed by atoms with Crippen LogP contribution in [0.3, 0.4) is 0 Å². The summed E-state index contributed by atoms with van der Waals surface area (Å²) in [6.07, 6.45) is 4.07. The van der Waals surface area contributed by atoms with Crippen molar-refractivity contribution in [2.75, 3.05) is 6.54 Å². The fraction of sp³-hybridized carbons (Fsp3) is 0.529. The van der Waals surface area contributed by atoms with Gasteiger partial charge < -0.3 is 10.4 Å². The molecular formula is C17H20BrNO3. The Labute approximate surface area is 138 Å². The Morgan fingerprint density at radius 2 is 2.05 bits per heavy atom. The number of nitrogens with one attached hydrogen (secondary N) is 1. The topological polar surface area (TPSA) is 66.4 Å². The minimum atomic E-state index is -0.682. The maximum absolute atomic E-state index is 12.8. The SMILES string of the molecule is Cc1cc(Br)c(O)c(C(=O)C2CNC3CCCCC3C2=O)c1. The predicted molar refractivity (Wildman–Crippen MR) is 87.1 cm³/mol. The van der Waals surface area contributed by atoms with Crippen molar-refractivity contribution in [3.8, 4) is 5.75 Å². The molecule has 3 atom stereocenters. The smallest absolute Gasteiger partial charge is 0.178 e. The molecular weight excluding hydrogens is 346 g/mol. The summed E-state index contributed by atoms with van der Waals surface area (Å²) in [5.74, 6) is -1.03. The van der Waals surface area contributed by atoms with Crippen LogP contribution < -0.4 is 5.32 Å². The summed E-state index contributed by atoms with van der Waals surface area (Å²) in [7, 11) is 0. The number of ketones is 2. The Hall–Kier alpha value is -1.20. The summed E-state index contributed by atoms with van der Waals surface area (Å²) in [6, 6.07) is 3.63. The van der Waals surface area contributed by atoms with Gasteiger partial charge in [0, 0.05) is 18.5 Å². The van der Waals surface area contributed by atoms with Crippen molar-refractivity contribution >= 4 is 27.5 Å². The van der Waals surface area contributed by atoms with Gasteiger partial charge in [0.2, 0.25) is 0 Å². The van der Waals surface area contributed by atoms with Crippen LogP contribution >= 0.6 is 15.9 Å². The Balaban J connectivity index is 1.88. The normalized spacial score (nSPS) is 28.3. The van der Waals surface area contributed by atoms with E-state index >= 15 is 0 Å². The molecule has 1 aromatic rings. The molecule has 2 N–H and O–H groups in total. The molecule has 1 aliphatic heterocycles. The lowest BCUT2D eigenvalue weighted by atomic mass is 9.73. The minimum Gasteiger partial charge on any atom is -0.506 e. The number of aryl methyl sites for hydroxylation is 1. The molecule has 0 bridgehead atoms. The van der Waals surface area contributed by atoms with Gasteiger partial charge in [0.05, 0.1) is 16.0 Å². The van der Waals surface area contributed by atoms with Gasteiger partial charge in [-0.3, -0.25) is 9.59 Å². The maximum Gasteiger partial charge on any atom is 0.178 e. The van der Waals surface area contributed by atoms with Gasteiger partial charge in [-0.25, -0.2) is 0 Å². The van der Waals surface area contributed by atoms with E-state index in [0.29, 0.717) is 11.0 Å². The van der Waals surface area contributed by atoms with E-state index in [9.17, 15) is 14.7 Å². The number of carbonyl (C=O) groups excluding carboxylic acids is 2. The van der Waals surface area contributed by atoms with Crippen LogP contribution in [0.15, 0.2) is 16.6 Å². The van der Waals surface area contributed by atoms with E-state index in [1.54, 1.807) is 12.1 Å². The van der Waals surface area contributed by atoms with Crippen molar-refractivity contribution in [1.82, 2.24) is 5.32 Å². The molecule has 1 heterocycles. The van der Waals surface area contributed by atoms with Crippen molar-refractivity contribution < 1.29 is 14.7 Å². The second kappa shape index (κ2) is 6.13. The molecule has 5 heteroatoms. The molecule has 2 aliphatic rings. The number of benzene rings is 1. The molecule has 118 valence electrons. The highest BCUT2D eigenvalue weighted by Gasteiger charge is 2.42. The average molecular weight is 366 g/mol. The highest BCUT2D eigenvalue weighted by atomic mass is 79.9. The molecule has 1 saturated heterocycles.